The van der Waals surface area contributed by atoms with Gasteiger partial charge in [0.15, 0.2) is 11.5 Å². The van der Waals surface area contributed by atoms with Crippen molar-refractivity contribution in [3.63, 3.8) is 0 Å². The van der Waals surface area contributed by atoms with Crippen LogP contribution in [0.2, 0.25) is 0 Å². The van der Waals surface area contributed by atoms with Gasteiger partial charge in [-0.15, -0.1) is 0 Å². The quantitative estimate of drug-likeness (QED) is 0.286. The number of hydrogen-bond donors (Lipinski definition) is 6. The molecule has 0 aliphatic carbocycles. The molecule has 10 heteroatoms. The van der Waals surface area contributed by atoms with Gasteiger partial charge < -0.3 is 51.1 Å². The summed E-state index contributed by atoms with van der Waals surface area (Å²) in [5.41, 5.74) is 5.69. The molecule has 1 aromatic rings. The number of aliphatic carboxylic acids is 2. The van der Waals surface area contributed by atoms with Gasteiger partial charge in [-0.25, -0.2) is 0 Å². The Morgan fingerprint density at radius 2 is 1.45 bits per heavy atom. The number of aromatic hydroxyl groups is 2. The number of benzene rings is 1. The lowest BCUT2D eigenvalue weighted by Gasteiger charge is -2.18. The number of aliphatic hydroxyl groups excluding tert-OH is 3. The molecule has 0 aliphatic rings. The summed E-state index contributed by atoms with van der Waals surface area (Å²) in [6, 6.07) is 4.10. The molecule has 0 aromatic heterocycles. The Labute approximate surface area is 124 Å². The van der Waals surface area contributed by atoms with Gasteiger partial charge in [-0.05, 0) is 17.7 Å². The minimum atomic E-state index is -2.44. The van der Waals surface area contributed by atoms with E-state index in [1.54, 1.807) is 0 Å². The molecule has 0 amide bonds. The van der Waals surface area contributed by atoms with E-state index in [0.717, 1.165) is 0 Å². The number of hydrogen-bond acceptors (Lipinski definition) is 10. The van der Waals surface area contributed by atoms with E-state index in [4.69, 9.17) is 26.2 Å². The number of carboxylic acid groups (broad SMARTS) is 2. The molecule has 0 aliphatic heterocycles. The van der Waals surface area contributed by atoms with Crippen molar-refractivity contribution in [2.45, 2.75) is 18.3 Å². The highest BCUT2D eigenvalue weighted by Gasteiger charge is 2.17. The molecule has 0 bridgehead atoms. The minimum Gasteiger partial charge on any atom is -0.547 e. The molecule has 7 N–H and O–H groups in total. The lowest BCUT2D eigenvalue weighted by Crippen LogP contribution is -2.51. The fraction of sp³-hybridized carbons (Fsp3) is 0.333. The zero-order chi connectivity index (χ0) is 17.4. The first-order chi connectivity index (χ1) is 10.1. The topological polar surface area (TPSA) is 207 Å². The van der Waals surface area contributed by atoms with Crippen molar-refractivity contribution >= 4 is 11.9 Å². The van der Waals surface area contributed by atoms with Crippen LogP contribution in [0.3, 0.4) is 0 Å². The molecule has 0 radical (unpaired) electrons. The Morgan fingerprint density at radius 1 is 1.00 bits per heavy atom. The molecule has 22 heavy (non-hydrogen) atoms. The second-order valence-corrected chi connectivity index (χ2v) is 4.03. The molecule has 0 heterocycles. The van der Waals surface area contributed by atoms with Crippen LogP contribution in [0.5, 0.6) is 11.5 Å². The molecule has 10 nitrogen and oxygen atoms in total. The average Bonchev–Trinajstić information content (AvgIpc) is 2.48. The Balaban J connectivity index is 0.000000409. The molecule has 124 valence electrons. The van der Waals surface area contributed by atoms with E-state index >= 15 is 0 Å². The molecule has 1 rings (SSSR count). The number of carbonyl (C=O) groups excluding carboxylic acids is 2. The van der Waals surface area contributed by atoms with Crippen molar-refractivity contribution in [3.8, 4) is 11.5 Å². The molecule has 0 fully saturated rings. The summed E-state index contributed by atoms with van der Waals surface area (Å²) in [4.78, 5) is 19.3. The number of carbonyl (C=O) groups is 2. The van der Waals surface area contributed by atoms with Crippen molar-refractivity contribution < 1.29 is 45.3 Å². The monoisotopic (exact) mass is 317 g/mol. The van der Waals surface area contributed by atoms with E-state index in [2.05, 4.69) is 0 Å². The number of phenols is 2. The summed E-state index contributed by atoms with van der Waals surface area (Å²) in [6.07, 6.45) is -5.67. The van der Waals surface area contributed by atoms with Gasteiger partial charge in [-0.3, -0.25) is 0 Å². The van der Waals surface area contributed by atoms with Crippen LogP contribution >= 0.6 is 0 Å². The Morgan fingerprint density at radius 3 is 1.77 bits per heavy atom. The van der Waals surface area contributed by atoms with Gasteiger partial charge in [0, 0.05) is 6.54 Å². The van der Waals surface area contributed by atoms with Gasteiger partial charge >= 0.3 is 0 Å². The largest absolute Gasteiger partial charge is 0.547 e. The van der Waals surface area contributed by atoms with Crippen LogP contribution in [-0.2, 0) is 9.59 Å². The zero-order valence-corrected chi connectivity index (χ0v) is 11.1. The van der Waals surface area contributed by atoms with Gasteiger partial charge in [0.25, 0.3) is 0 Å². The molecule has 0 saturated heterocycles. The predicted molar refractivity (Wildman–Crippen MR) is 65.8 cm³/mol. The van der Waals surface area contributed by atoms with Crippen LogP contribution in [0.1, 0.15) is 11.7 Å². The molecule has 3 atom stereocenters. The SMILES string of the molecule is NC[C@@H](O)c1ccc(O)c(O)c1.O=C([O-])[C@H](O)[C@@H](O)C(=O)[O-]. The fourth-order valence-corrected chi connectivity index (χ4v) is 1.14. The number of nitrogens with two attached hydrogens (primary N) is 1. The Bertz CT molecular complexity index is 501. The van der Waals surface area contributed by atoms with Crippen molar-refractivity contribution in [1.82, 2.24) is 0 Å². The minimum absolute atomic E-state index is 0.0875. The van der Waals surface area contributed by atoms with Crippen molar-refractivity contribution in [2.24, 2.45) is 5.73 Å². The third kappa shape index (κ3) is 5.93. The van der Waals surface area contributed by atoms with Crippen molar-refractivity contribution in [3.05, 3.63) is 23.8 Å². The smallest absolute Gasteiger partial charge is 0.157 e. The fourth-order valence-electron chi connectivity index (χ4n) is 1.14. The molecular weight excluding hydrogens is 302 g/mol. The summed E-state index contributed by atoms with van der Waals surface area (Å²) in [6.45, 7) is 0.0875. The summed E-state index contributed by atoms with van der Waals surface area (Å²) < 4.78 is 0. The summed E-state index contributed by atoms with van der Waals surface area (Å²) in [5.74, 6) is -4.57. The highest BCUT2D eigenvalue weighted by molar-refractivity contribution is 5.80. The first-order valence-corrected chi connectivity index (χ1v) is 5.79. The second kappa shape index (κ2) is 8.79. The van der Waals surface area contributed by atoms with Crippen LogP contribution in [-0.4, -0.2) is 56.2 Å². The molecular formula is C12H15NO9-2. The van der Waals surface area contributed by atoms with Crippen molar-refractivity contribution in [2.75, 3.05) is 6.54 Å². The summed E-state index contributed by atoms with van der Waals surface area (Å²) >= 11 is 0. The normalized spacial score (nSPS) is 14.2. The number of carboxylic acids is 2. The van der Waals surface area contributed by atoms with E-state index in [0.29, 0.717) is 5.56 Å². The lowest BCUT2D eigenvalue weighted by molar-refractivity contribution is -0.333. The first-order valence-electron chi connectivity index (χ1n) is 5.79. The molecule has 0 saturated carbocycles. The summed E-state index contributed by atoms with van der Waals surface area (Å²) in [5, 5.41) is 62.9. The maximum absolute atomic E-state index is 9.63. The zero-order valence-electron chi connectivity index (χ0n) is 11.1. The first kappa shape index (κ1) is 19.6. The van der Waals surface area contributed by atoms with E-state index in [1.807, 2.05) is 0 Å². The maximum Gasteiger partial charge on any atom is 0.157 e. The number of phenolic OH excluding ortho intramolecular Hbond substituents is 2. The van der Waals surface area contributed by atoms with Crippen LogP contribution in [0, 0.1) is 0 Å². The van der Waals surface area contributed by atoms with Crippen LogP contribution in [0.4, 0.5) is 0 Å². The van der Waals surface area contributed by atoms with Gasteiger partial charge in [0.05, 0.1) is 18.0 Å². The van der Waals surface area contributed by atoms with Gasteiger partial charge in [0.2, 0.25) is 0 Å². The van der Waals surface area contributed by atoms with Gasteiger partial charge in [-0.1, -0.05) is 6.07 Å². The van der Waals surface area contributed by atoms with E-state index < -0.39 is 30.3 Å². The van der Waals surface area contributed by atoms with E-state index in [-0.39, 0.29) is 18.0 Å². The Kier molecular flexibility index (Phi) is 7.83. The number of rotatable bonds is 5. The third-order valence-corrected chi connectivity index (χ3v) is 2.39. The molecule has 0 spiro atoms. The summed E-state index contributed by atoms with van der Waals surface area (Å²) in [7, 11) is 0. The van der Waals surface area contributed by atoms with Crippen LogP contribution in [0.15, 0.2) is 18.2 Å². The Hall–Kier alpha value is -2.40. The van der Waals surface area contributed by atoms with E-state index in [9.17, 15) is 24.9 Å². The lowest BCUT2D eigenvalue weighted by atomic mass is 10.1. The third-order valence-electron chi connectivity index (χ3n) is 2.39. The highest BCUT2D eigenvalue weighted by Crippen LogP contribution is 2.27. The standard InChI is InChI=1S/C8H11NO3.C4H6O6/c9-4-8(12)5-1-2-6(10)7(11)3-5;5-1(3(7)8)2(6)4(9)10/h1-3,8,10-12H,4,9H2;1-2,5-6H,(H,7,8)(H,9,10)/p-2/t8-;1-,2-/m11/s1. The van der Waals surface area contributed by atoms with Gasteiger partial charge in [0.1, 0.15) is 12.2 Å². The molecule has 1 aromatic carbocycles. The maximum atomic E-state index is 9.63. The van der Waals surface area contributed by atoms with Crippen LogP contribution in [0.25, 0.3) is 0 Å². The average molecular weight is 317 g/mol. The predicted octanol–water partition coefficient (Wildman–Crippen LogP) is -4.70. The molecule has 0 unspecified atom stereocenters. The van der Waals surface area contributed by atoms with Gasteiger partial charge in [-0.2, -0.15) is 0 Å². The van der Waals surface area contributed by atoms with E-state index in [1.165, 1.54) is 18.2 Å². The van der Waals surface area contributed by atoms with Crippen molar-refractivity contribution in [1.29, 1.82) is 0 Å². The highest BCUT2D eigenvalue weighted by atomic mass is 16.4. The van der Waals surface area contributed by atoms with Crippen LogP contribution < -0.4 is 15.9 Å². The second-order valence-electron chi connectivity index (χ2n) is 4.03. The number of aliphatic hydroxyl groups is 3.